The number of piperidine rings is 1. The van der Waals surface area contributed by atoms with E-state index < -0.39 is 10.8 Å². The molecule has 1 amide bonds. The van der Waals surface area contributed by atoms with Crippen LogP contribution in [0.2, 0.25) is 0 Å². The monoisotopic (exact) mass is 393 g/mol. The van der Waals surface area contributed by atoms with Gasteiger partial charge in [-0.2, -0.15) is 0 Å². The summed E-state index contributed by atoms with van der Waals surface area (Å²) in [6.07, 6.45) is 1.88. The largest absolute Gasteiger partial charge is 0.369 e. The molecule has 1 aromatic carbocycles. The lowest BCUT2D eigenvalue weighted by Crippen LogP contribution is -2.49. The molecule has 1 aliphatic rings. The van der Waals surface area contributed by atoms with Crippen molar-refractivity contribution in [3.63, 3.8) is 0 Å². The molecule has 1 atom stereocenters. The van der Waals surface area contributed by atoms with Gasteiger partial charge in [0.25, 0.3) is 0 Å². The van der Waals surface area contributed by atoms with Gasteiger partial charge in [0, 0.05) is 48.0 Å². The summed E-state index contributed by atoms with van der Waals surface area (Å²) in [4.78, 5) is 17.7. The molecule has 0 radical (unpaired) electrons. The predicted octanol–water partition coefficient (Wildman–Crippen LogP) is 0.440. The smallest absolute Gasteiger partial charge is 0.231 e. The summed E-state index contributed by atoms with van der Waals surface area (Å²) < 4.78 is 12.2. The first-order valence-corrected chi connectivity index (χ1v) is 11.0. The van der Waals surface area contributed by atoms with Crippen molar-refractivity contribution in [2.24, 2.45) is 10.7 Å². The van der Waals surface area contributed by atoms with Gasteiger partial charge in [0.1, 0.15) is 0 Å². The van der Waals surface area contributed by atoms with Crippen molar-refractivity contribution in [3.8, 4) is 0 Å². The number of hydrogen-bond donors (Lipinski definition) is 3. The number of carbonyl (C=O) groups is 1. The molecule has 1 fully saturated rings. The molecule has 1 heterocycles. The second-order valence-electron chi connectivity index (χ2n) is 6.70. The number of aliphatic imine (C=N–C) groups is 1. The topological polar surface area (TPSA) is 99.8 Å². The zero-order valence-electron chi connectivity index (χ0n) is 16.0. The predicted molar refractivity (Wildman–Crippen MR) is 111 cm³/mol. The number of amides is 1. The Morgan fingerprint density at radius 2 is 2.00 bits per heavy atom. The Morgan fingerprint density at radius 1 is 1.30 bits per heavy atom. The molecule has 0 saturated carbocycles. The minimum Gasteiger partial charge on any atom is -0.369 e. The lowest BCUT2D eigenvalue weighted by molar-refractivity contribution is -0.119. The minimum atomic E-state index is -0.922. The van der Waals surface area contributed by atoms with Crippen LogP contribution in [0.4, 0.5) is 0 Å². The summed E-state index contributed by atoms with van der Waals surface area (Å²) in [5.74, 6) is 1.60. The van der Waals surface area contributed by atoms with Crippen molar-refractivity contribution in [2.75, 3.05) is 38.5 Å². The van der Waals surface area contributed by atoms with E-state index >= 15 is 0 Å². The van der Waals surface area contributed by atoms with Gasteiger partial charge in [-0.25, -0.2) is 0 Å². The third-order valence-electron chi connectivity index (χ3n) is 4.41. The highest BCUT2D eigenvalue weighted by molar-refractivity contribution is 7.84. The number of primary amides is 1. The number of nitrogens with one attached hydrogen (secondary N) is 2. The molecular formula is C19H31N5O2S. The molecule has 150 valence electrons. The summed E-state index contributed by atoms with van der Waals surface area (Å²) in [6.45, 7) is 5.35. The molecule has 0 aromatic heterocycles. The summed E-state index contributed by atoms with van der Waals surface area (Å²) in [5, 5.41) is 6.70. The molecule has 7 nitrogen and oxygen atoms in total. The molecule has 1 saturated heterocycles. The zero-order chi connectivity index (χ0) is 19.5. The van der Waals surface area contributed by atoms with Gasteiger partial charge in [-0.3, -0.25) is 18.9 Å². The zero-order valence-corrected chi connectivity index (χ0v) is 16.8. The van der Waals surface area contributed by atoms with Crippen LogP contribution in [-0.2, 0) is 21.3 Å². The molecule has 8 heteroatoms. The van der Waals surface area contributed by atoms with Crippen molar-refractivity contribution >= 4 is 22.7 Å². The van der Waals surface area contributed by atoms with Gasteiger partial charge in [-0.1, -0.05) is 30.3 Å². The van der Waals surface area contributed by atoms with Crippen molar-refractivity contribution in [1.29, 1.82) is 0 Å². The van der Waals surface area contributed by atoms with Crippen LogP contribution in [0, 0.1) is 0 Å². The maximum Gasteiger partial charge on any atom is 0.231 e. The fraction of sp³-hybridized carbons (Fsp3) is 0.579. The minimum absolute atomic E-state index is 0.278. The van der Waals surface area contributed by atoms with Gasteiger partial charge < -0.3 is 16.4 Å². The summed E-state index contributed by atoms with van der Waals surface area (Å²) in [7, 11) is -0.922. The first-order chi connectivity index (χ1) is 13.1. The molecule has 1 unspecified atom stereocenters. The highest BCUT2D eigenvalue weighted by Crippen LogP contribution is 2.09. The first kappa shape index (κ1) is 21.4. The van der Waals surface area contributed by atoms with Gasteiger partial charge in [-0.05, 0) is 25.3 Å². The average Bonchev–Trinajstić information content (AvgIpc) is 2.64. The number of benzene rings is 1. The van der Waals surface area contributed by atoms with Crippen LogP contribution >= 0.6 is 0 Å². The number of carbonyl (C=O) groups excluding carboxylic acids is 1. The first-order valence-electron chi connectivity index (χ1n) is 9.51. The Hall–Kier alpha value is -1.93. The highest BCUT2D eigenvalue weighted by atomic mass is 32.2. The van der Waals surface area contributed by atoms with Crippen molar-refractivity contribution < 1.29 is 9.00 Å². The highest BCUT2D eigenvalue weighted by Gasteiger charge is 2.20. The van der Waals surface area contributed by atoms with Crippen molar-refractivity contribution in [2.45, 2.75) is 31.6 Å². The van der Waals surface area contributed by atoms with Gasteiger partial charge in [0.2, 0.25) is 5.91 Å². The Morgan fingerprint density at radius 3 is 2.63 bits per heavy atom. The number of rotatable bonds is 9. The number of guanidine groups is 1. The molecule has 1 aromatic rings. The van der Waals surface area contributed by atoms with Crippen LogP contribution in [-0.4, -0.2) is 65.5 Å². The fourth-order valence-electron chi connectivity index (χ4n) is 3.06. The quantitative estimate of drug-likeness (QED) is 0.418. The average molecular weight is 394 g/mol. The SMILES string of the molecule is CCNC(=NCCS(=O)Cc1ccccc1)NC1CCN(CC(N)=O)CC1. The summed E-state index contributed by atoms with van der Waals surface area (Å²) in [5.41, 5.74) is 6.35. The van der Waals surface area contributed by atoms with Gasteiger partial charge >= 0.3 is 0 Å². The fourth-order valence-corrected chi connectivity index (χ4v) is 4.06. The number of nitrogens with zero attached hydrogens (tertiary/aromatic N) is 2. The Kier molecular flexibility index (Phi) is 9.27. The van der Waals surface area contributed by atoms with E-state index in [9.17, 15) is 9.00 Å². The molecule has 2 rings (SSSR count). The third-order valence-corrected chi connectivity index (χ3v) is 5.70. The standard InChI is InChI=1S/C19H31N5O2S/c1-2-21-19(23-17-8-11-24(12-9-17)14-18(20)25)22-10-13-27(26)15-16-6-4-3-5-7-16/h3-7,17H,2,8-15H2,1H3,(H2,20,25)(H2,21,22,23). The molecule has 27 heavy (non-hydrogen) atoms. The van der Waals surface area contributed by atoms with Crippen LogP contribution in [0.15, 0.2) is 35.3 Å². The lowest BCUT2D eigenvalue weighted by Gasteiger charge is -2.32. The third kappa shape index (κ3) is 8.53. The molecular weight excluding hydrogens is 362 g/mol. The Balaban J connectivity index is 1.75. The van der Waals surface area contributed by atoms with Crippen LogP contribution in [0.1, 0.15) is 25.3 Å². The second-order valence-corrected chi connectivity index (χ2v) is 8.27. The van der Waals surface area contributed by atoms with Crippen molar-refractivity contribution in [1.82, 2.24) is 15.5 Å². The van der Waals surface area contributed by atoms with E-state index in [0.29, 0.717) is 30.6 Å². The molecule has 1 aliphatic heterocycles. The van der Waals surface area contributed by atoms with Crippen LogP contribution in [0.5, 0.6) is 0 Å². The molecule has 0 bridgehead atoms. The molecule has 0 aliphatic carbocycles. The summed E-state index contributed by atoms with van der Waals surface area (Å²) >= 11 is 0. The number of nitrogens with two attached hydrogens (primary N) is 1. The van der Waals surface area contributed by atoms with E-state index in [1.807, 2.05) is 37.3 Å². The maximum absolute atomic E-state index is 12.2. The van der Waals surface area contributed by atoms with Gasteiger partial charge in [0.05, 0.1) is 13.1 Å². The second kappa shape index (κ2) is 11.7. The normalized spacial score (nSPS) is 17.4. The Bertz CT molecular complexity index is 630. The van der Waals surface area contributed by atoms with E-state index in [-0.39, 0.29) is 5.91 Å². The van der Waals surface area contributed by atoms with Crippen LogP contribution in [0.3, 0.4) is 0 Å². The van der Waals surface area contributed by atoms with E-state index in [2.05, 4.69) is 20.5 Å². The van der Waals surface area contributed by atoms with Gasteiger partial charge in [0.15, 0.2) is 5.96 Å². The number of hydrogen-bond acceptors (Lipinski definition) is 4. The molecule has 4 N–H and O–H groups in total. The van der Waals surface area contributed by atoms with E-state index in [0.717, 1.165) is 44.0 Å². The van der Waals surface area contributed by atoms with Crippen molar-refractivity contribution in [3.05, 3.63) is 35.9 Å². The van der Waals surface area contributed by atoms with Gasteiger partial charge in [-0.15, -0.1) is 0 Å². The van der Waals surface area contributed by atoms with E-state index in [1.54, 1.807) is 0 Å². The molecule has 0 spiro atoms. The number of likely N-dealkylation sites (tertiary alicyclic amines) is 1. The Labute approximate surface area is 164 Å². The van der Waals surface area contributed by atoms with E-state index in [4.69, 9.17) is 5.73 Å². The van der Waals surface area contributed by atoms with E-state index in [1.165, 1.54) is 0 Å². The maximum atomic E-state index is 12.2. The lowest BCUT2D eigenvalue weighted by atomic mass is 10.1. The van der Waals surface area contributed by atoms with Crippen LogP contribution < -0.4 is 16.4 Å². The van der Waals surface area contributed by atoms with Crippen LogP contribution in [0.25, 0.3) is 0 Å². The summed E-state index contributed by atoms with van der Waals surface area (Å²) in [6, 6.07) is 10.2.